The minimum absolute atomic E-state index is 0.300. The lowest BCUT2D eigenvalue weighted by Crippen LogP contribution is -2.41. The normalized spacial score (nSPS) is 11.6. The summed E-state index contributed by atoms with van der Waals surface area (Å²) in [7, 11) is 1.57. The highest BCUT2D eigenvalue weighted by Gasteiger charge is 2.19. The van der Waals surface area contributed by atoms with Crippen molar-refractivity contribution in [3.63, 3.8) is 0 Å². The number of halogens is 1. The van der Waals surface area contributed by atoms with Crippen molar-refractivity contribution in [3.8, 4) is 5.88 Å². The lowest BCUT2D eigenvalue weighted by Gasteiger charge is -2.15. The molecular weight excluding hydrogens is 410 g/mol. The number of thiophene rings is 1. The second kappa shape index (κ2) is 9.50. The van der Waals surface area contributed by atoms with Crippen molar-refractivity contribution in [2.75, 3.05) is 25.6 Å². The van der Waals surface area contributed by atoms with Gasteiger partial charge in [0.05, 0.1) is 15.3 Å². The molecule has 0 aliphatic rings. The van der Waals surface area contributed by atoms with Crippen LogP contribution in [0.4, 0.5) is 5.69 Å². The molecule has 9 heteroatoms. The largest absolute Gasteiger partial charge is 0.474 e. The van der Waals surface area contributed by atoms with Crippen molar-refractivity contribution < 1.29 is 19.1 Å². The van der Waals surface area contributed by atoms with E-state index in [4.69, 9.17) is 9.47 Å². The standard InChI is InChI=1S/C16H18BrN3O4S/c1-10(19-15(22)12-5-6-13(17)25-12)14(21)20-11-4-3-7-18-16(11)24-9-8-23-2/h3-7,10H,8-9H2,1-2H3,(H,19,22)(H,20,21). The van der Waals surface area contributed by atoms with Crippen molar-refractivity contribution in [1.82, 2.24) is 10.3 Å². The molecule has 2 heterocycles. The van der Waals surface area contributed by atoms with Crippen molar-refractivity contribution in [3.05, 3.63) is 39.1 Å². The van der Waals surface area contributed by atoms with Gasteiger partial charge < -0.3 is 20.1 Å². The van der Waals surface area contributed by atoms with Gasteiger partial charge >= 0.3 is 0 Å². The number of carbonyl (C=O) groups is 2. The van der Waals surface area contributed by atoms with Gasteiger partial charge in [0, 0.05) is 13.3 Å². The molecule has 0 bridgehead atoms. The van der Waals surface area contributed by atoms with Crippen LogP contribution in [0.2, 0.25) is 0 Å². The minimum Gasteiger partial charge on any atom is -0.474 e. The topological polar surface area (TPSA) is 89.6 Å². The van der Waals surface area contributed by atoms with Gasteiger partial charge in [0.2, 0.25) is 11.8 Å². The molecule has 2 aromatic heterocycles. The van der Waals surface area contributed by atoms with Gasteiger partial charge in [-0.15, -0.1) is 11.3 Å². The molecule has 0 fully saturated rings. The predicted molar refractivity (Wildman–Crippen MR) is 99.2 cm³/mol. The fourth-order valence-corrected chi connectivity index (χ4v) is 3.12. The molecule has 25 heavy (non-hydrogen) atoms. The summed E-state index contributed by atoms with van der Waals surface area (Å²) < 4.78 is 11.2. The second-order valence-corrected chi connectivity index (χ2v) is 7.45. The highest BCUT2D eigenvalue weighted by atomic mass is 79.9. The molecule has 2 aromatic rings. The summed E-state index contributed by atoms with van der Waals surface area (Å²) in [5.41, 5.74) is 0.434. The summed E-state index contributed by atoms with van der Waals surface area (Å²) in [6, 6.07) is 6.12. The summed E-state index contributed by atoms with van der Waals surface area (Å²) in [4.78, 5) is 29.1. The number of methoxy groups -OCH3 is 1. The minimum atomic E-state index is -0.722. The van der Waals surface area contributed by atoms with Crippen molar-refractivity contribution in [1.29, 1.82) is 0 Å². The molecular formula is C16H18BrN3O4S. The van der Waals surface area contributed by atoms with Gasteiger partial charge in [-0.2, -0.15) is 0 Å². The van der Waals surface area contributed by atoms with Crippen LogP contribution >= 0.6 is 27.3 Å². The Morgan fingerprint density at radius 3 is 2.80 bits per heavy atom. The third-order valence-corrected chi connectivity index (χ3v) is 4.72. The molecule has 1 atom stereocenters. The molecule has 0 saturated heterocycles. The molecule has 0 aliphatic carbocycles. The van der Waals surface area contributed by atoms with Crippen LogP contribution in [0.5, 0.6) is 5.88 Å². The number of anilines is 1. The molecule has 2 rings (SSSR count). The highest BCUT2D eigenvalue weighted by Crippen LogP contribution is 2.22. The van der Waals surface area contributed by atoms with E-state index in [0.29, 0.717) is 29.7 Å². The summed E-state index contributed by atoms with van der Waals surface area (Å²) in [6.45, 7) is 2.33. The van der Waals surface area contributed by atoms with E-state index < -0.39 is 6.04 Å². The number of nitrogens with one attached hydrogen (secondary N) is 2. The number of ether oxygens (including phenoxy) is 2. The first-order chi connectivity index (χ1) is 12.0. The van der Waals surface area contributed by atoms with E-state index >= 15 is 0 Å². The zero-order chi connectivity index (χ0) is 18.2. The predicted octanol–water partition coefficient (Wildman–Crippen LogP) is 2.69. The molecule has 0 radical (unpaired) electrons. The number of carbonyl (C=O) groups excluding carboxylic acids is 2. The lowest BCUT2D eigenvalue weighted by atomic mass is 10.3. The molecule has 0 spiro atoms. The highest BCUT2D eigenvalue weighted by molar-refractivity contribution is 9.11. The Bertz CT molecular complexity index is 738. The average molecular weight is 428 g/mol. The molecule has 134 valence electrons. The van der Waals surface area contributed by atoms with Crippen LogP contribution in [0.3, 0.4) is 0 Å². The van der Waals surface area contributed by atoms with E-state index in [1.54, 1.807) is 44.5 Å². The van der Waals surface area contributed by atoms with E-state index in [1.165, 1.54) is 11.3 Å². The first-order valence-corrected chi connectivity index (χ1v) is 9.06. The van der Waals surface area contributed by atoms with E-state index in [-0.39, 0.29) is 11.8 Å². The number of pyridine rings is 1. The van der Waals surface area contributed by atoms with Crippen LogP contribution in [-0.4, -0.2) is 43.2 Å². The Hall–Kier alpha value is -1.97. The van der Waals surface area contributed by atoms with Gasteiger partial charge in [0.15, 0.2) is 0 Å². The molecule has 2 N–H and O–H groups in total. The Morgan fingerprint density at radius 2 is 2.12 bits per heavy atom. The van der Waals surface area contributed by atoms with Gasteiger partial charge in [-0.25, -0.2) is 4.98 Å². The Labute approximate surface area is 157 Å². The van der Waals surface area contributed by atoms with Gasteiger partial charge in [-0.1, -0.05) is 0 Å². The Morgan fingerprint density at radius 1 is 1.32 bits per heavy atom. The monoisotopic (exact) mass is 427 g/mol. The third kappa shape index (κ3) is 5.80. The molecule has 7 nitrogen and oxygen atoms in total. The van der Waals surface area contributed by atoms with E-state index in [1.807, 2.05) is 0 Å². The fraction of sp³-hybridized carbons (Fsp3) is 0.312. The van der Waals surface area contributed by atoms with Gasteiger partial charge in [-0.3, -0.25) is 9.59 Å². The first kappa shape index (κ1) is 19.4. The van der Waals surface area contributed by atoms with E-state index in [0.717, 1.165) is 3.79 Å². The van der Waals surface area contributed by atoms with Crippen molar-refractivity contribution >= 4 is 44.8 Å². The van der Waals surface area contributed by atoms with Gasteiger partial charge in [-0.05, 0) is 47.1 Å². The van der Waals surface area contributed by atoms with Crippen LogP contribution in [0.15, 0.2) is 34.2 Å². The second-order valence-electron chi connectivity index (χ2n) is 4.99. The SMILES string of the molecule is COCCOc1ncccc1NC(=O)C(C)NC(=O)c1ccc(Br)s1. The fourth-order valence-electron chi connectivity index (χ4n) is 1.83. The van der Waals surface area contributed by atoms with Gasteiger partial charge in [0.1, 0.15) is 18.3 Å². The zero-order valence-corrected chi connectivity index (χ0v) is 16.1. The van der Waals surface area contributed by atoms with Crippen LogP contribution in [0.1, 0.15) is 16.6 Å². The number of hydrogen-bond donors (Lipinski definition) is 2. The first-order valence-electron chi connectivity index (χ1n) is 7.45. The summed E-state index contributed by atoms with van der Waals surface area (Å²) >= 11 is 4.60. The van der Waals surface area contributed by atoms with Crippen LogP contribution < -0.4 is 15.4 Å². The summed E-state index contributed by atoms with van der Waals surface area (Å²) in [6.07, 6.45) is 1.57. The van der Waals surface area contributed by atoms with Crippen LogP contribution in [-0.2, 0) is 9.53 Å². The smallest absolute Gasteiger partial charge is 0.262 e. The van der Waals surface area contributed by atoms with Crippen molar-refractivity contribution in [2.24, 2.45) is 0 Å². The number of amides is 2. The maximum atomic E-state index is 12.3. The quantitative estimate of drug-likeness (QED) is 0.632. The lowest BCUT2D eigenvalue weighted by molar-refractivity contribution is -0.117. The van der Waals surface area contributed by atoms with Crippen LogP contribution in [0.25, 0.3) is 0 Å². The number of hydrogen-bond acceptors (Lipinski definition) is 6. The molecule has 0 saturated carbocycles. The van der Waals surface area contributed by atoms with Crippen LogP contribution in [0, 0.1) is 0 Å². The number of rotatable bonds is 8. The van der Waals surface area contributed by atoms with E-state index in [9.17, 15) is 9.59 Å². The number of nitrogens with zero attached hydrogens (tertiary/aromatic N) is 1. The molecule has 2 amide bonds. The molecule has 1 unspecified atom stereocenters. The zero-order valence-electron chi connectivity index (χ0n) is 13.7. The number of aromatic nitrogens is 1. The Kier molecular flexibility index (Phi) is 7.35. The maximum Gasteiger partial charge on any atom is 0.262 e. The van der Waals surface area contributed by atoms with Gasteiger partial charge in [0.25, 0.3) is 5.91 Å². The molecule has 0 aliphatic heterocycles. The third-order valence-electron chi connectivity index (χ3n) is 3.09. The summed E-state index contributed by atoms with van der Waals surface area (Å²) in [5.74, 6) is -0.372. The average Bonchev–Trinajstić information content (AvgIpc) is 3.03. The molecule has 0 aromatic carbocycles. The Balaban J connectivity index is 1.95. The van der Waals surface area contributed by atoms with E-state index in [2.05, 4.69) is 31.5 Å². The summed E-state index contributed by atoms with van der Waals surface area (Å²) in [5, 5.41) is 5.37. The maximum absolute atomic E-state index is 12.3. The van der Waals surface area contributed by atoms with Crippen molar-refractivity contribution in [2.45, 2.75) is 13.0 Å².